The van der Waals surface area contributed by atoms with Gasteiger partial charge in [-0.2, -0.15) is 11.8 Å². The van der Waals surface area contributed by atoms with Gasteiger partial charge in [0.05, 0.1) is 0 Å². The van der Waals surface area contributed by atoms with E-state index in [-0.39, 0.29) is 12.1 Å². The summed E-state index contributed by atoms with van der Waals surface area (Å²) in [6.07, 6.45) is 3.36. The van der Waals surface area contributed by atoms with E-state index in [1.165, 1.54) is 23.3 Å². The molecule has 0 saturated carbocycles. The Kier molecular flexibility index (Phi) is 6.90. The third kappa shape index (κ3) is 4.83. The number of nitrogens with zero attached hydrogens (tertiary/aromatic N) is 1. The van der Waals surface area contributed by atoms with Crippen molar-refractivity contribution in [1.82, 2.24) is 4.90 Å². The molecule has 3 unspecified atom stereocenters. The molecule has 0 heterocycles. The molecule has 0 aliphatic rings. The van der Waals surface area contributed by atoms with Gasteiger partial charge in [0.25, 0.3) is 0 Å². The number of nitrogens with two attached hydrogens (primary N) is 1. The number of aryl methyl sites for hydroxylation is 1. The molecule has 0 aromatic heterocycles. The summed E-state index contributed by atoms with van der Waals surface area (Å²) in [4.78, 5) is 2.43. The standard InChI is InChI=1S/C16H28N2S/c1-12-7-6-8-15(11-12)16(14(3)17)18(4)13(2)9-10-19-5/h6-8,11,13-14,16H,9-10,17H2,1-5H3. The van der Waals surface area contributed by atoms with Crippen molar-refractivity contribution in [3.63, 3.8) is 0 Å². The second kappa shape index (κ2) is 7.93. The smallest absolute Gasteiger partial charge is 0.0496 e. The monoisotopic (exact) mass is 280 g/mol. The topological polar surface area (TPSA) is 29.3 Å². The van der Waals surface area contributed by atoms with Gasteiger partial charge < -0.3 is 5.73 Å². The highest BCUT2D eigenvalue weighted by Crippen LogP contribution is 2.26. The third-order valence-corrected chi connectivity index (χ3v) is 4.40. The first-order chi connectivity index (χ1) is 8.97. The van der Waals surface area contributed by atoms with Crippen LogP contribution in [0.25, 0.3) is 0 Å². The lowest BCUT2D eigenvalue weighted by atomic mass is 9.96. The molecule has 3 heteroatoms. The fourth-order valence-corrected chi connectivity index (χ4v) is 3.11. The molecule has 0 aliphatic heterocycles. The number of rotatable bonds is 7. The minimum Gasteiger partial charge on any atom is -0.326 e. The lowest BCUT2D eigenvalue weighted by molar-refractivity contribution is 0.162. The van der Waals surface area contributed by atoms with Gasteiger partial charge in [-0.3, -0.25) is 4.90 Å². The minimum atomic E-state index is 0.128. The van der Waals surface area contributed by atoms with E-state index in [4.69, 9.17) is 5.73 Å². The van der Waals surface area contributed by atoms with Crippen LogP contribution in [0.5, 0.6) is 0 Å². The van der Waals surface area contributed by atoms with Crippen molar-refractivity contribution in [2.75, 3.05) is 19.1 Å². The molecule has 0 amide bonds. The SMILES string of the molecule is CSCCC(C)N(C)C(c1cccc(C)c1)C(C)N. The summed E-state index contributed by atoms with van der Waals surface area (Å²) in [5, 5.41) is 0. The van der Waals surface area contributed by atoms with Gasteiger partial charge in [-0.15, -0.1) is 0 Å². The minimum absolute atomic E-state index is 0.128. The second-order valence-corrected chi connectivity index (χ2v) is 6.50. The first kappa shape index (κ1) is 16.5. The zero-order chi connectivity index (χ0) is 14.4. The molecule has 19 heavy (non-hydrogen) atoms. The van der Waals surface area contributed by atoms with E-state index in [0.29, 0.717) is 6.04 Å². The molecule has 2 nitrogen and oxygen atoms in total. The van der Waals surface area contributed by atoms with E-state index < -0.39 is 0 Å². The summed E-state index contributed by atoms with van der Waals surface area (Å²) >= 11 is 1.91. The van der Waals surface area contributed by atoms with E-state index in [1.54, 1.807) is 0 Å². The molecule has 0 saturated heterocycles. The molecule has 2 N–H and O–H groups in total. The van der Waals surface area contributed by atoms with Crippen LogP contribution in [-0.4, -0.2) is 36.0 Å². The van der Waals surface area contributed by atoms with E-state index in [9.17, 15) is 0 Å². The molecule has 0 fully saturated rings. The summed E-state index contributed by atoms with van der Waals surface area (Å²) < 4.78 is 0. The maximum absolute atomic E-state index is 6.24. The van der Waals surface area contributed by atoms with Crippen molar-refractivity contribution in [2.24, 2.45) is 5.73 Å². The highest BCUT2D eigenvalue weighted by Gasteiger charge is 2.24. The van der Waals surface area contributed by atoms with Crippen LogP contribution in [0.2, 0.25) is 0 Å². The Balaban J connectivity index is 2.88. The fraction of sp³-hybridized carbons (Fsp3) is 0.625. The van der Waals surface area contributed by atoms with Gasteiger partial charge in [0.15, 0.2) is 0 Å². The van der Waals surface area contributed by atoms with Crippen LogP contribution in [0.15, 0.2) is 24.3 Å². The lowest BCUT2D eigenvalue weighted by Crippen LogP contribution is -2.42. The molecule has 0 spiro atoms. The predicted octanol–water partition coefficient (Wildman–Crippen LogP) is 3.46. The number of thioether (sulfide) groups is 1. The van der Waals surface area contributed by atoms with Crippen molar-refractivity contribution < 1.29 is 0 Å². The predicted molar refractivity (Wildman–Crippen MR) is 87.8 cm³/mol. The molecule has 0 aliphatic carbocycles. The van der Waals surface area contributed by atoms with Crippen molar-refractivity contribution >= 4 is 11.8 Å². The molecule has 108 valence electrons. The molecule has 3 atom stereocenters. The average Bonchev–Trinajstić information content (AvgIpc) is 2.35. The molecule has 0 bridgehead atoms. The van der Waals surface area contributed by atoms with Crippen molar-refractivity contribution in [3.05, 3.63) is 35.4 Å². The van der Waals surface area contributed by atoms with Gasteiger partial charge >= 0.3 is 0 Å². The summed E-state index contributed by atoms with van der Waals surface area (Å²) in [5.74, 6) is 1.20. The van der Waals surface area contributed by atoms with Crippen LogP contribution < -0.4 is 5.73 Å². The number of hydrogen-bond acceptors (Lipinski definition) is 3. The second-order valence-electron chi connectivity index (χ2n) is 5.51. The Hall–Kier alpha value is -0.510. The van der Waals surface area contributed by atoms with E-state index in [1.807, 2.05) is 11.8 Å². The zero-order valence-electron chi connectivity index (χ0n) is 12.9. The maximum atomic E-state index is 6.24. The number of hydrogen-bond donors (Lipinski definition) is 1. The molecule has 1 rings (SSSR count). The van der Waals surface area contributed by atoms with Crippen molar-refractivity contribution in [3.8, 4) is 0 Å². The molecular weight excluding hydrogens is 252 g/mol. The highest BCUT2D eigenvalue weighted by molar-refractivity contribution is 7.98. The van der Waals surface area contributed by atoms with Gasteiger partial charge in [0, 0.05) is 18.1 Å². The van der Waals surface area contributed by atoms with Crippen molar-refractivity contribution in [2.45, 2.75) is 45.3 Å². The van der Waals surface area contributed by atoms with E-state index >= 15 is 0 Å². The molecule has 1 aromatic rings. The quantitative estimate of drug-likeness (QED) is 0.829. The van der Waals surface area contributed by atoms with Crippen LogP contribution >= 0.6 is 11.8 Å². The zero-order valence-corrected chi connectivity index (χ0v) is 13.7. The van der Waals surface area contributed by atoms with Crippen LogP contribution in [-0.2, 0) is 0 Å². The summed E-state index contributed by atoms with van der Waals surface area (Å²) in [7, 11) is 2.20. The Bertz CT molecular complexity index is 379. The van der Waals surface area contributed by atoms with Crippen molar-refractivity contribution in [1.29, 1.82) is 0 Å². The van der Waals surface area contributed by atoms with E-state index in [2.05, 4.69) is 63.2 Å². The summed E-state index contributed by atoms with van der Waals surface area (Å²) in [6.45, 7) is 6.53. The Labute approximate surface area is 122 Å². The summed E-state index contributed by atoms with van der Waals surface area (Å²) in [5.41, 5.74) is 8.87. The van der Waals surface area contributed by atoms with Crippen LogP contribution in [0.1, 0.15) is 37.4 Å². The van der Waals surface area contributed by atoms with Gasteiger partial charge in [0.1, 0.15) is 0 Å². The summed E-state index contributed by atoms with van der Waals surface area (Å²) in [6, 6.07) is 9.67. The normalized spacial score (nSPS) is 16.4. The first-order valence-electron chi connectivity index (χ1n) is 7.00. The highest BCUT2D eigenvalue weighted by atomic mass is 32.2. The first-order valence-corrected chi connectivity index (χ1v) is 8.39. The Morgan fingerprint density at radius 3 is 2.53 bits per heavy atom. The lowest BCUT2D eigenvalue weighted by Gasteiger charge is -2.36. The van der Waals surface area contributed by atoms with Gasteiger partial charge in [-0.25, -0.2) is 0 Å². The molecule has 1 aromatic carbocycles. The van der Waals surface area contributed by atoms with Gasteiger partial charge in [-0.05, 0) is 51.8 Å². The van der Waals surface area contributed by atoms with E-state index in [0.717, 1.165) is 0 Å². The Morgan fingerprint density at radius 2 is 2.00 bits per heavy atom. The van der Waals surface area contributed by atoms with Crippen LogP contribution in [0.3, 0.4) is 0 Å². The van der Waals surface area contributed by atoms with Crippen LogP contribution in [0.4, 0.5) is 0 Å². The third-order valence-electron chi connectivity index (χ3n) is 3.76. The molecule has 0 radical (unpaired) electrons. The molecular formula is C16H28N2S. The average molecular weight is 280 g/mol. The fourth-order valence-electron chi connectivity index (χ4n) is 2.53. The maximum Gasteiger partial charge on any atom is 0.0496 e. The number of benzene rings is 1. The largest absolute Gasteiger partial charge is 0.326 e. The number of likely N-dealkylation sites (N-methyl/N-ethyl adjacent to an activating group) is 1. The van der Waals surface area contributed by atoms with Gasteiger partial charge in [0.2, 0.25) is 0 Å². The van der Waals surface area contributed by atoms with Crippen LogP contribution in [0, 0.1) is 6.92 Å². The van der Waals surface area contributed by atoms with Gasteiger partial charge in [-0.1, -0.05) is 29.8 Å². The Morgan fingerprint density at radius 1 is 1.32 bits per heavy atom.